The third-order valence-electron chi connectivity index (χ3n) is 3.23. The molecule has 6 nitrogen and oxygen atoms in total. The first-order valence-corrected chi connectivity index (χ1v) is 9.48. The largest absolute Gasteiger partial charge is 0.379 e. The highest BCUT2D eigenvalue weighted by molar-refractivity contribution is 7.89. The Kier molecular flexibility index (Phi) is 8.02. The molecule has 0 aromatic heterocycles. The molecule has 0 atom stereocenters. The zero-order valence-corrected chi connectivity index (χ0v) is 15.4. The van der Waals surface area contributed by atoms with Crippen LogP contribution < -0.4 is 5.14 Å². The molecule has 1 rings (SSSR count). The van der Waals surface area contributed by atoms with Gasteiger partial charge in [0.2, 0.25) is 10.0 Å². The molecule has 0 amide bonds. The average Bonchev–Trinajstić information content (AvgIpc) is 2.47. The molecule has 0 aliphatic rings. The Morgan fingerprint density at radius 1 is 1.04 bits per heavy atom. The molecule has 7 heteroatoms. The summed E-state index contributed by atoms with van der Waals surface area (Å²) in [6.45, 7) is 7.30. The third-order valence-corrected chi connectivity index (χ3v) is 4.16. The Morgan fingerprint density at radius 2 is 1.67 bits per heavy atom. The SMILES string of the molecule is CC(C)(C)OCCOCCC(=O)CCc1ccc(S(N)(=O)=O)cc1. The Morgan fingerprint density at radius 3 is 2.21 bits per heavy atom. The van der Waals surface area contributed by atoms with Crippen molar-refractivity contribution in [2.75, 3.05) is 19.8 Å². The molecule has 0 aliphatic carbocycles. The molecule has 0 unspecified atom stereocenters. The van der Waals surface area contributed by atoms with Gasteiger partial charge in [0.1, 0.15) is 5.78 Å². The van der Waals surface area contributed by atoms with E-state index in [1.807, 2.05) is 20.8 Å². The quantitative estimate of drug-likeness (QED) is 0.647. The number of carbonyl (C=O) groups excluding carboxylic acids is 1. The van der Waals surface area contributed by atoms with Crippen LogP contribution in [0.5, 0.6) is 0 Å². The summed E-state index contributed by atoms with van der Waals surface area (Å²) in [6, 6.07) is 6.25. The van der Waals surface area contributed by atoms with Crippen molar-refractivity contribution < 1.29 is 22.7 Å². The lowest BCUT2D eigenvalue weighted by Crippen LogP contribution is -2.22. The van der Waals surface area contributed by atoms with Gasteiger partial charge in [-0.15, -0.1) is 0 Å². The highest BCUT2D eigenvalue weighted by Gasteiger charge is 2.10. The number of sulfonamides is 1. The van der Waals surface area contributed by atoms with Gasteiger partial charge in [-0.2, -0.15) is 0 Å². The van der Waals surface area contributed by atoms with Gasteiger partial charge in [-0.3, -0.25) is 4.79 Å². The molecular formula is C17H27NO5S. The van der Waals surface area contributed by atoms with Gasteiger partial charge in [0.05, 0.1) is 30.3 Å². The van der Waals surface area contributed by atoms with Crippen LogP contribution in [0.25, 0.3) is 0 Å². The summed E-state index contributed by atoms with van der Waals surface area (Å²) in [5.74, 6) is 0.113. The lowest BCUT2D eigenvalue weighted by molar-refractivity contribution is -0.120. The summed E-state index contributed by atoms with van der Waals surface area (Å²) in [5.41, 5.74) is 0.716. The molecule has 1 aromatic rings. The summed E-state index contributed by atoms with van der Waals surface area (Å²) in [6.07, 6.45) is 1.33. The molecule has 0 fully saturated rings. The van der Waals surface area contributed by atoms with Crippen molar-refractivity contribution in [1.82, 2.24) is 0 Å². The summed E-state index contributed by atoms with van der Waals surface area (Å²) in [5, 5.41) is 5.04. The molecule has 0 saturated heterocycles. The first kappa shape index (κ1) is 20.8. The standard InChI is InChI=1S/C17H27NO5S/c1-17(2,3)23-13-12-22-11-10-15(19)7-4-14-5-8-16(9-6-14)24(18,20)21/h5-6,8-9H,4,7,10-13H2,1-3H3,(H2,18,20,21). The smallest absolute Gasteiger partial charge is 0.238 e. The minimum absolute atomic E-state index is 0.0726. The van der Waals surface area contributed by atoms with Crippen LogP contribution in [0.15, 0.2) is 29.2 Å². The van der Waals surface area contributed by atoms with Crippen LogP contribution in [0.2, 0.25) is 0 Å². The number of primary sulfonamides is 1. The zero-order chi connectivity index (χ0) is 18.2. The van der Waals surface area contributed by atoms with Crippen molar-refractivity contribution in [3.8, 4) is 0 Å². The molecule has 0 radical (unpaired) electrons. The van der Waals surface area contributed by atoms with E-state index in [-0.39, 0.29) is 16.3 Å². The molecule has 0 spiro atoms. The maximum Gasteiger partial charge on any atom is 0.238 e. The van der Waals surface area contributed by atoms with E-state index < -0.39 is 10.0 Å². The summed E-state index contributed by atoms with van der Waals surface area (Å²) in [4.78, 5) is 11.9. The Balaban J connectivity index is 2.20. The summed E-state index contributed by atoms with van der Waals surface area (Å²) < 4.78 is 33.2. The van der Waals surface area contributed by atoms with Gasteiger partial charge < -0.3 is 9.47 Å². The van der Waals surface area contributed by atoms with E-state index in [1.165, 1.54) is 12.1 Å². The van der Waals surface area contributed by atoms with Crippen molar-refractivity contribution in [1.29, 1.82) is 0 Å². The summed E-state index contributed by atoms with van der Waals surface area (Å²) >= 11 is 0. The van der Waals surface area contributed by atoms with E-state index in [2.05, 4.69) is 0 Å². The van der Waals surface area contributed by atoms with Crippen LogP contribution in [0.4, 0.5) is 0 Å². The third kappa shape index (κ3) is 9.12. The number of benzene rings is 1. The number of ether oxygens (including phenoxy) is 2. The molecule has 1 aromatic carbocycles. The summed E-state index contributed by atoms with van der Waals surface area (Å²) in [7, 11) is -3.67. The fourth-order valence-corrected chi connectivity index (χ4v) is 2.46. The number of carbonyl (C=O) groups is 1. The van der Waals surface area contributed by atoms with Gasteiger partial charge in [0.15, 0.2) is 0 Å². The minimum Gasteiger partial charge on any atom is -0.379 e. The number of aryl methyl sites for hydroxylation is 1. The van der Waals surface area contributed by atoms with Crippen molar-refractivity contribution in [3.05, 3.63) is 29.8 Å². The maximum atomic E-state index is 11.8. The van der Waals surface area contributed by atoms with Crippen LogP contribution in [0.3, 0.4) is 0 Å². The zero-order valence-electron chi connectivity index (χ0n) is 14.6. The van der Waals surface area contributed by atoms with E-state index in [4.69, 9.17) is 14.6 Å². The number of Topliss-reactive ketones (excluding diaryl/α,β-unsaturated/α-hetero) is 1. The normalized spacial score (nSPS) is 12.3. The van der Waals surface area contributed by atoms with Crippen LogP contribution in [-0.2, 0) is 30.7 Å². The van der Waals surface area contributed by atoms with Gasteiger partial charge in [-0.1, -0.05) is 12.1 Å². The molecular weight excluding hydrogens is 330 g/mol. The monoisotopic (exact) mass is 357 g/mol. The number of nitrogens with two attached hydrogens (primary N) is 1. The van der Waals surface area contributed by atoms with E-state index in [1.54, 1.807) is 12.1 Å². The number of ketones is 1. The lowest BCUT2D eigenvalue weighted by atomic mass is 10.1. The second kappa shape index (κ2) is 9.27. The molecule has 0 aliphatic heterocycles. The number of rotatable bonds is 10. The van der Waals surface area contributed by atoms with Gasteiger partial charge in [0, 0.05) is 12.8 Å². The van der Waals surface area contributed by atoms with Crippen LogP contribution in [0, 0.1) is 0 Å². The van der Waals surface area contributed by atoms with E-state index in [0.717, 1.165) is 5.56 Å². The van der Waals surface area contributed by atoms with Gasteiger partial charge >= 0.3 is 0 Å². The van der Waals surface area contributed by atoms with E-state index in [0.29, 0.717) is 39.1 Å². The highest BCUT2D eigenvalue weighted by Crippen LogP contribution is 2.11. The second-order valence-corrected chi connectivity index (χ2v) is 8.11. The molecule has 0 bridgehead atoms. The molecule has 0 saturated carbocycles. The fraction of sp³-hybridized carbons (Fsp3) is 0.588. The topological polar surface area (TPSA) is 95.7 Å². The maximum absolute atomic E-state index is 11.8. The van der Waals surface area contributed by atoms with Crippen LogP contribution >= 0.6 is 0 Å². The fourth-order valence-electron chi connectivity index (χ4n) is 1.95. The predicted molar refractivity (Wildman–Crippen MR) is 92.3 cm³/mol. The van der Waals surface area contributed by atoms with E-state index >= 15 is 0 Å². The van der Waals surface area contributed by atoms with Crippen molar-refractivity contribution in [2.45, 2.75) is 50.5 Å². The lowest BCUT2D eigenvalue weighted by Gasteiger charge is -2.19. The number of hydrogen-bond donors (Lipinski definition) is 1. The van der Waals surface area contributed by atoms with Crippen LogP contribution in [0.1, 0.15) is 39.2 Å². The van der Waals surface area contributed by atoms with Crippen molar-refractivity contribution in [2.24, 2.45) is 5.14 Å². The molecule has 136 valence electrons. The predicted octanol–water partition coefficient (Wildman–Crippen LogP) is 2.06. The molecule has 24 heavy (non-hydrogen) atoms. The van der Waals surface area contributed by atoms with Gasteiger partial charge in [-0.25, -0.2) is 13.6 Å². The first-order valence-electron chi connectivity index (χ1n) is 7.93. The Bertz CT molecular complexity index is 617. The first-order chi connectivity index (χ1) is 11.1. The Labute approximate surface area is 144 Å². The highest BCUT2D eigenvalue weighted by atomic mass is 32.2. The van der Waals surface area contributed by atoms with Crippen molar-refractivity contribution >= 4 is 15.8 Å². The molecule has 2 N–H and O–H groups in total. The molecule has 0 heterocycles. The van der Waals surface area contributed by atoms with E-state index in [9.17, 15) is 13.2 Å². The van der Waals surface area contributed by atoms with Gasteiger partial charge in [-0.05, 0) is 44.9 Å². The number of hydrogen-bond acceptors (Lipinski definition) is 5. The van der Waals surface area contributed by atoms with Gasteiger partial charge in [0.25, 0.3) is 0 Å². The Hall–Kier alpha value is -1.28. The van der Waals surface area contributed by atoms with Crippen molar-refractivity contribution in [3.63, 3.8) is 0 Å². The van der Waals surface area contributed by atoms with Crippen LogP contribution in [-0.4, -0.2) is 39.6 Å². The second-order valence-electron chi connectivity index (χ2n) is 6.55. The minimum atomic E-state index is -3.67. The average molecular weight is 357 g/mol.